The predicted octanol–water partition coefficient (Wildman–Crippen LogP) is 0.846. The minimum absolute atomic E-state index is 0.214. The maximum Gasteiger partial charge on any atom is 0.329 e. The van der Waals surface area contributed by atoms with E-state index in [1.54, 1.807) is 25.3 Å². The normalized spacial score (nSPS) is 10.1. The van der Waals surface area contributed by atoms with E-state index in [1.165, 1.54) is 12.3 Å². The van der Waals surface area contributed by atoms with Gasteiger partial charge >= 0.3 is 11.8 Å². The lowest BCUT2D eigenvalue weighted by atomic mass is 10.2. The zero-order chi connectivity index (χ0) is 16.4. The minimum atomic E-state index is -0.850. The molecule has 0 aliphatic carbocycles. The fraction of sp³-hybridized carbons (Fsp3) is 0.267. The summed E-state index contributed by atoms with van der Waals surface area (Å²) in [4.78, 5) is 22.7. The SMILES string of the molecule is C=CCNC(=O)C(=O)N/N=C\c1ccc(OC)c(OCC)c1. The number of carbonyl (C=O) groups excluding carboxylic acids is 2. The Balaban J connectivity index is 2.66. The highest BCUT2D eigenvalue weighted by Gasteiger charge is 2.10. The summed E-state index contributed by atoms with van der Waals surface area (Å²) in [5, 5.41) is 6.06. The third-order valence-electron chi connectivity index (χ3n) is 2.48. The molecule has 7 heteroatoms. The molecule has 0 aromatic heterocycles. The Bertz CT molecular complexity index is 570. The summed E-state index contributed by atoms with van der Waals surface area (Å²) in [7, 11) is 1.55. The Kier molecular flexibility index (Phi) is 7.18. The first-order chi connectivity index (χ1) is 10.6. The third kappa shape index (κ3) is 5.28. The number of hydrogen-bond acceptors (Lipinski definition) is 5. The van der Waals surface area contributed by atoms with Crippen LogP contribution in [0, 0.1) is 0 Å². The molecule has 0 unspecified atom stereocenters. The first-order valence-corrected chi connectivity index (χ1v) is 6.65. The quantitative estimate of drug-likeness (QED) is 0.338. The van der Waals surface area contributed by atoms with Crippen molar-refractivity contribution in [2.24, 2.45) is 5.10 Å². The minimum Gasteiger partial charge on any atom is -0.493 e. The number of amides is 2. The molecule has 1 aromatic rings. The number of rotatable bonds is 7. The average Bonchev–Trinajstić information content (AvgIpc) is 2.53. The Morgan fingerprint density at radius 2 is 2.09 bits per heavy atom. The molecule has 0 radical (unpaired) electrons. The smallest absolute Gasteiger partial charge is 0.329 e. The van der Waals surface area contributed by atoms with E-state index >= 15 is 0 Å². The van der Waals surface area contributed by atoms with Crippen LogP contribution in [-0.2, 0) is 9.59 Å². The molecule has 1 aromatic carbocycles. The molecule has 0 aliphatic heterocycles. The summed E-state index contributed by atoms with van der Waals surface area (Å²) in [6.07, 6.45) is 2.88. The maximum atomic E-state index is 11.4. The van der Waals surface area contributed by atoms with Crippen LogP contribution >= 0.6 is 0 Å². The van der Waals surface area contributed by atoms with Crippen molar-refractivity contribution in [1.82, 2.24) is 10.7 Å². The second kappa shape index (κ2) is 9.17. The lowest BCUT2D eigenvalue weighted by Gasteiger charge is -2.09. The summed E-state index contributed by atoms with van der Waals surface area (Å²) in [6, 6.07) is 5.19. The number of methoxy groups -OCH3 is 1. The zero-order valence-corrected chi connectivity index (χ0v) is 12.6. The van der Waals surface area contributed by atoms with Crippen molar-refractivity contribution in [2.75, 3.05) is 20.3 Å². The van der Waals surface area contributed by atoms with E-state index in [0.717, 1.165) is 0 Å². The topological polar surface area (TPSA) is 89.0 Å². The molecule has 0 fully saturated rings. The second-order valence-electron chi connectivity index (χ2n) is 4.04. The molecule has 2 amide bonds. The summed E-state index contributed by atoms with van der Waals surface area (Å²) >= 11 is 0. The van der Waals surface area contributed by atoms with Gasteiger partial charge in [0.25, 0.3) is 0 Å². The predicted molar refractivity (Wildman–Crippen MR) is 83.1 cm³/mol. The van der Waals surface area contributed by atoms with Crippen molar-refractivity contribution in [3.05, 3.63) is 36.4 Å². The van der Waals surface area contributed by atoms with Crippen LogP contribution < -0.4 is 20.2 Å². The molecule has 0 atom stereocenters. The number of hydrogen-bond donors (Lipinski definition) is 2. The van der Waals surface area contributed by atoms with Gasteiger partial charge in [0.05, 0.1) is 19.9 Å². The number of nitrogens with zero attached hydrogens (tertiary/aromatic N) is 1. The molecule has 0 bridgehead atoms. The number of nitrogens with one attached hydrogen (secondary N) is 2. The molecular formula is C15H19N3O4. The van der Waals surface area contributed by atoms with E-state index in [0.29, 0.717) is 23.7 Å². The first kappa shape index (κ1) is 17.2. The van der Waals surface area contributed by atoms with Crippen molar-refractivity contribution in [3.63, 3.8) is 0 Å². The van der Waals surface area contributed by atoms with Crippen LogP contribution in [0.3, 0.4) is 0 Å². The highest BCUT2D eigenvalue weighted by molar-refractivity contribution is 6.35. The van der Waals surface area contributed by atoms with Crippen molar-refractivity contribution in [2.45, 2.75) is 6.92 Å². The summed E-state index contributed by atoms with van der Waals surface area (Å²) in [6.45, 7) is 6.01. The van der Waals surface area contributed by atoms with Crippen LogP contribution in [0.5, 0.6) is 11.5 Å². The highest BCUT2D eigenvalue weighted by Crippen LogP contribution is 2.27. The maximum absolute atomic E-state index is 11.4. The first-order valence-electron chi connectivity index (χ1n) is 6.65. The number of benzene rings is 1. The van der Waals surface area contributed by atoms with Crippen LogP contribution in [0.4, 0.5) is 0 Å². The summed E-state index contributed by atoms with van der Waals surface area (Å²) < 4.78 is 10.6. The highest BCUT2D eigenvalue weighted by atomic mass is 16.5. The fourth-order valence-corrected chi connectivity index (χ4v) is 1.50. The monoisotopic (exact) mass is 305 g/mol. The van der Waals surface area contributed by atoms with Gasteiger partial charge in [-0.2, -0.15) is 5.10 Å². The van der Waals surface area contributed by atoms with Gasteiger partial charge in [-0.1, -0.05) is 6.08 Å². The lowest BCUT2D eigenvalue weighted by molar-refractivity contribution is -0.139. The molecule has 0 saturated heterocycles. The molecule has 1 rings (SSSR count). The molecule has 0 aliphatic rings. The average molecular weight is 305 g/mol. The van der Waals surface area contributed by atoms with Crippen molar-refractivity contribution in [1.29, 1.82) is 0 Å². The van der Waals surface area contributed by atoms with Gasteiger partial charge in [0, 0.05) is 6.54 Å². The number of ether oxygens (including phenoxy) is 2. The van der Waals surface area contributed by atoms with E-state index in [1.807, 2.05) is 6.92 Å². The van der Waals surface area contributed by atoms with Gasteiger partial charge in [0.15, 0.2) is 11.5 Å². The number of hydrazone groups is 1. The molecule has 0 heterocycles. The molecular weight excluding hydrogens is 286 g/mol. The van der Waals surface area contributed by atoms with Crippen molar-refractivity contribution in [3.8, 4) is 11.5 Å². The van der Waals surface area contributed by atoms with Crippen molar-refractivity contribution >= 4 is 18.0 Å². The van der Waals surface area contributed by atoms with Crippen LogP contribution in [0.25, 0.3) is 0 Å². The fourth-order valence-electron chi connectivity index (χ4n) is 1.50. The Hall–Kier alpha value is -2.83. The molecule has 118 valence electrons. The van der Waals surface area contributed by atoms with Gasteiger partial charge in [0.1, 0.15) is 0 Å². The number of carbonyl (C=O) groups is 2. The van der Waals surface area contributed by atoms with Crippen molar-refractivity contribution < 1.29 is 19.1 Å². The molecule has 0 saturated carbocycles. The largest absolute Gasteiger partial charge is 0.493 e. The third-order valence-corrected chi connectivity index (χ3v) is 2.48. The Labute approximate surface area is 129 Å². The molecule has 7 nitrogen and oxygen atoms in total. The Morgan fingerprint density at radius 3 is 2.73 bits per heavy atom. The van der Waals surface area contributed by atoms with Gasteiger partial charge < -0.3 is 14.8 Å². The summed E-state index contributed by atoms with van der Waals surface area (Å²) in [5.41, 5.74) is 2.82. The lowest BCUT2D eigenvalue weighted by Crippen LogP contribution is -2.37. The standard InChI is InChI=1S/C15H19N3O4/c1-4-8-16-14(19)15(20)18-17-10-11-6-7-12(21-3)13(9-11)22-5-2/h4,6-7,9-10H,1,5,8H2,2-3H3,(H,16,19)(H,18,20)/b17-10-. The van der Waals surface area contributed by atoms with Crippen LogP contribution in [0.2, 0.25) is 0 Å². The second-order valence-corrected chi connectivity index (χ2v) is 4.04. The van der Waals surface area contributed by atoms with E-state index in [9.17, 15) is 9.59 Å². The van der Waals surface area contributed by atoms with E-state index in [4.69, 9.17) is 9.47 Å². The van der Waals surface area contributed by atoms with E-state index < -0.39 is 11.8 Å². The molecule has 2 N–H and O–H groups in total. The molecule has 22 heavy (non-hydrogen) atoms. The van der Waals surface area contributed by atoms with Gasteiger partial charge in [-0.15, -0.1) is 6.58 Å². The van der Waals surface area contributed by atoms with E-state index in [2.05, 4.69) is 22.4 Å². The summed E-state index contributed by atoms with van der Waals surface area (Å²) in [5.74, 6) is -0.450. The van der Waals surface area contributed by atoms with Crippen LogP contribution in [0.15, 0.2) is 36.0 Å². The molecule has 0 spiro atoms. The van der Waals surface area contributed by atoms with Gasteiger partial charge in [-0.3, -0.25) is 9.59 Å². The van der Waals surface area contributed by atoms with Crippen LogP contribution in [-0.4, -0.2) is 38.3 Å². The van der Waals surface area contributed by atoms with Gasteiger partial charge in [-0.05, 0) is 30.7 Å². The zero-order valence-electron chi connectivity index (χ0n) is 12.6. The van der Waals surface area contributed by atoms with Gasteiger partial charge in [-0.25, -0.2) is 5.43 Å². The van der Waals surface area contributed by atoms with Gasteiger partial charge in [0.2, 0.25) is 0 Å². The van der Waals surface area contributed by atoms with Crippen LogP contribution in [0.1, 0.15) is 12.5 Å². The Morgan fingerprint density at radius 1 is 1.32 bits per heavy atom. The van der Waals surface area contributed by atoms with E-state index in [-0.39, 0.29) is 6.54 Å².